The van der Waals surface area contributed by atoms with Gasteiger partial charge in [-0.3, -0.25) is 4.99 Å². The van der Waals surface area contributed by atoms with Crippen LogP contribution in [0.5, 0.6) is 0 Å². The Labute approximate surface area is 249 Å². The molecule has 0 radical (unpaired) electrons. The summed E-state index contributed by atoms with van der Waals surface area (Å²) in [6.07, 6.45) is 14.6. The van der Waals surface area contributed by atoms with E-state index >= 15 is 0 Å². The molecule has 4 nitrogen and oxygen atoms in total. The van der Waals surface area contributed by atoms with E-state index < -0.39 is 0 Å². The van der Waals surface area contributed by atoms with Crippen molar-refractivity contribution in [3.8, 4) is 5.69 Å². The number of fused-ring (bicyclic) bond motifs is 9. The Morgan fingerprint density at radius 2 is 1.67 bits per heavy atom. The van der Waals surface area contributed by atoms with Crippen LogP contribution in [0.3, 0.4) is 0 Å². The Bertz CT molecular complexity index is 2340. The lowest BCUT2D eigenvalue weighted by atomic mass is 9.98. The summed E-state index contributed by atoms with van der Waals surface area (Å²) < 4.78 is 9.03. The summed E-state index contributed by atoms with van der Waals surface area (Å²) in [4.78, 5) is 6.47. The van der Waals surface area contributed by atoms with Crippen LogP contribution in [0.15, 0.2) is 137 Å². The minimum absolute atomic E-state index is 0.810. The summed E-state index contributed by atoms with van der Waals surface area (Å²) in [6, 6.07) is 32.3. The molecule has 0 amide bonds. The molecule has 0 N–H and O–H groups in total. The Morgan fingerprint density at radius 3 is 2.47 bits per heavy atom. The minimum atomic E-state index is 0.810. The van der Waals surface area contributed by atoms with Crippen molar-refractivity contribution in [3.63, 3.8) is 0 Å². The average molecular weight is 556 g/mol. The first-order valence-corrected chi connectivity index (χ1v) is 14.6. The summed E-state index contributed by atoms with van der Waals surface area (Å²) in [6.45, 7) is 6.75. The van der Waals surface area contributed by atoms with Gasteiger partial charge in [0.2, 0.25) is 0 Å². The van der Waals surface area contributed by atoms with E-state index in [2.05, 4.69) is 137 Å². The van der Waals surface area contributed by atoms with Crippen LogP contribution in [0, 0.1) is 0 Å². The molecule has 0 saturated heterocycles. The number of hydrogen-bond donors (Lipinski definition) is 0. The topological polar surface area (TPSA) is 33.7 Å². The number of aliphatic imine (C=N–C) groups is 1. The largest absolute Gasteiger partial charge is 0.454 e. The second-order valence-electron chi connectivity index (χ2n) is 10.9. The first-order chi connectivity index (χ1) is 21.2. The highest BCUT2D eigenvalue weighted by atomic mass is 16.3. The van der Waals surface area contributed by atoms with Crippen molar-refractivity contribution in [2.75, 3.05) is 6.54 Å². The van der Waals surface area contributed by atoms with Gasteiger partial charge in [-0.2, -0.15) is 0 Å². The quantitative estimate of drug-likeness (QED) is 0.198. The first kappa shape index (κ1) is 25.1. The van der Waals surface area contributed by atoms with Crippen LogP contribution in [0.2, 0.25) is 0 Å². The maximum absolute atomic E-state index is 6.67. The zero-order valence-electron chi connectivity index (χ0n) is 23.9. The lowest BCUT2D eigenvalue weighted by Crippen LogP contribution is -2.11. The lowest BCUT2D eigenvalue weighted by molar-refractivity contribution is 0.561. The Kier molecular flexibility index (Phi) is 5.86. The summed E-state index contributed by atoms with van der Waals surface area (Å²) in [5.41, 5.74) is 8.08. The zero-order chi connectivity index (χ0) is 28.9. The zero-order valence-corrected chi connectivity index (χ0v) is 23.9. The van der Waals surface area contributed by atoms with Gasteiger partial charge < -0.3 is 13.9 Å². The van der Waals surface area contributed by atoms with E-state index in [1.165, 1.54) is 27.1 Å². The van der Waals surface area contributed by atoms with Crippen LogP contribution in [0.4, 0.5) is 0 Å². The molecular formula is C39H29N3O. The van der Waals surface area contributed by atoms with Crippen LogP contribution >= 0.6 is 0 Å². The average Bonchev–Trinajstić information content (AvgIpc) is 3.61. The van der Waals surface area contributed by atoms with E-state index in [0.717, 1.165) is 56.5 Å². The number of aromatic nitrogens is 1. The van der Waals surface area contributed by atoms with Crippen molar-refractivity contribution in [3.05, 3.63) is 139 Å². The molecule has 1 aliphatic rings. The molecule has 8 rings (SSSR count). The third-order valence-electron chi connectivity index (χ3n) is 8.36. The number of furan rings is 1. The van der Waals surface area contributed by atoms with Crippen LogP contribution in [0.25, 0.3) is 72.0 Å². The Hall–Kier alpha value is -5.61. The second kappa shape index (κ2) is 10.0. The fraction of sp³-hybridized carbons (Fsp3) is 0.0513. The molecule has 5 aromatic carbocycles. The molecule has 1 aliphatic heterocycles. The summed E-state index contributed by atoms with van der Waals surface area (Å²) >= 11 is 0. The van der Waals surface area contributed by atoms with Gasteiger partial charge in [-0.25, -0.2) is 0 Å². The van der Waals surface area contributed by atoms with Gasteiger partial charge in [0.15, 0.2) is 5.58 Å². The third-order valence-corrected chi connectivity index (χ3v) is 8.36. The fourth-order valence-electron chi connectivity index (χ4n) is 6.47. The Balaban J connectivity index is 1.45. The molecule has 206 valence electrons. The van der Waals surface area contributed by atoms with Gasteiger partial charge in [0.05, 0.1) is 16.7 Å². The van der Waals surface area contributed by atoms with Crippen molar-refractivity contribution in [2.45, 2.75) is 6.92 Å². The van der Waals surface area contributed by atoms with Crippen LogP contribution < -0.4 is 0 Å². The molecule has 4 heteroatoms. The highest BCUT2D eigenvalue weighted by Crippen LogP contribution is 2.44. The molecule has 2 aromatic heterocycles. The number of nitrogens with zero attached hydrogens (tertiary/aromatic N) is 3. The molecule has 0 saturated carbocycles. The maximum Gasteiger partial charge on any atom is 0.160 e. The van der Waals surface area contributed by atoms with Gasteiger partial charge in [0.1, 0.15) is 5.58 Å². The predicted molar refractivity (Wildman–Crippen MR) is 183 cm³/mol. The van der Waals surface area contributed by atoms with Crippen LogP contribution in [-0.4, -0.2) is 22.7 Å². The molecule has 0 fully saturated rings. The molecule has 0 spiro atoms. The van der Waals surface area contributed by atoms with E-state index in [9.17, 15) is 0 Å². The summed E-state index contributed by atoms with van der Waals surface area (Å²) in [7, 11) is 0. The molecular weight excluding hydrogens is 526 g/mol. The van der Waals surface area contributed by atoms with E-state index in [-0.39, 0.29) is 0 Å². The summed E-state index contributed by atoms with van der Waals surface area (Å²) in [5, 5.41) is 7.10. The van der Waals surface area contributed by atoms with E-state index in [0.29, 0.717) is 0 Å². The molecule has 3 heterocycles. The lowest BCUT2D eigenvalue weighted by Gasteiger charge is -2.17. The van der Waals surface area contributed by atoms with E-state index in [1.54, 1.807) is 0 Å². The molecule has 7 aromatic rings. The fourth-order valence-corrected chi connectivity index (χ4v) is 6.47. The molecule has 0 atom stereocenters. The predicted octanol–water partition coefficient (Wildman–Crippen LogP) is 10.3. The smallest absolute Gasteiger partial charge is 0.160 e. The van der Waals surface area contributed by atoms with Crippen LogP contribution in [-0.2, 0) is 0 Å². The van der Waals surface area contributed by atoms with Gasteiger partial charge in [0, 0.05) is 51.7 Å². The third kappa shape index (κ3) is 3.95. The Morgan fingerprint density at radius 1 is 0.860 bits per heavy atom. The second-order valence-corrected chi connectivity index (χ2v) is 10.9. The highest BCUT2D eigenvalue weighted by Gasteiger charge is 2.22. The van der Waals surface area contributed by atoms with Crippen molar-refractivity contribution < 1.29 is 4.42 Å². The normalized spacial score (nSPS) is 14.0. The molecule has 0 aliphatic carbocycles. The van der Waals surface area contributed by atoms with Gasteiger partial charge in [-0.15, -0.1) is 0 Å². The number of hydrogen-bond acceptors (Lipinski definition) is 3. The van der Waals surface area contributed by atoms with Crippen molar-refractivity contribution in [1.29, 1.82) is 0 Å². The van der Waals surface area contributed by atoms with Crippen molar-refractivity contribution in [2.24, 2.45) is 4.99 Å². The first-order valence-electron chi connectivity index (χ1n) is 14.6. The number of allylic oxidation sites excluding steroid dienone is 3. The standard InChI is InChI=1S/C39H29N3O/c1-3-11-28-24-32-31-14-7-8-15-35(31)43-39(32)38-36(28)37-30-13-6-5-12-26(30)18-21-34(37)42(38)29-19-16-27(17-20-29)33(40-2)25-41-22-9-4-10-23-41/h3-22,24-25H,2,23H2,1H3/b11-3+,33-25-. The summed E-state index contributed by atoms with van der Waals surface area (Å²) in [5.74, 6) is 0. The van der Waals surface area contributed by atoms with Gasteiger partial charge >= 0.3 is 0 Å². The van der Waals surface area contributed by atoms with Crippen LogP contribution in [0.1, 0.15) is 18.1 Å². The van der Waals surface area contributed by atoms with Gasteiger partial charge in [0.25, 0.3) is 0 Å². The SMILES string of the molecule is C=N/C(=C\N1C=CC=CC1)c1ccc(-n2c3ccc4ccccc4c3c3c(/C=C/C)cc4c5ccccc5oc4c32)cc1. The molecule has 0 unspecified atom stereocenters. The van der Waals surface area contributed by atoms with E-state index in [4.69, 9.17) is 4.42 Å². The molecule has 0 bridgehead atoms. The maximum atomic E-state index is 6.67. The number of benzene rings is 5. The number of para-hydroxylation sites is 1. The van der Waals surface area contributed by atoms with Gasteiger partial charge in [-0.1, -0.05) is 85.0 Å². The van der Waals surface area contributed by atoms with E-state index in [1.807, 2.05) is 24.5 Å². The highest BCUT2D eigenvalue weighted by molar-refractivity contribution is 6.29. The van der Waals surface area contributed by atoms with Gasteiger partial charge in [-0.05, 0) is 66.4 Å². The van der Waals surface area contributed by atoms with Crippen molar-refractivity contribution >= 4 is 73.0 Å². The molecule has 43 heavy (non-hydrogen) atoms. The monoisotopic (exact) mass is 555 g/mol. The number of rotatable bonds is 5. The van der Waals surface area contributed by atoms with Crippen molar-refractivity contribution in [1.82, 2.24) is 9.47 Å². The minimum Gasteiger partial charge on any atom is -0.454 e.